The number of rotatable bonds is 5. The molecule has 0 saturated heterocycles. The largest absolute Gasteiger partial charge is 0.456 e. The molecule has 9 aromatic carbocycles. The molecule has 0 aliphatic carbocycles. The van der Waals surface area contributed by atoms with Gasteiger partial charge in [0.25, 0.3) is 0 Å². The van der Waals surface area contributed by atoms with E-state index in [2.05, 4.69) is 181 Å². The summed E-state index contributed by atoms with van der Waals surface area (Å²) in [5.74, 6) is 0. The average Bonchev–Trinajstić information content (AvgIpc) is 3.56. The fraction of sp³-hybridized carbons (Fsp3) is 0. The van der Waals surface area contributed by atoms with Gasteiger partial charge >= 0.3 is 0 Å². The van der Waals surface area contributed by atoms with Crippen molar-refractivity contribution in [1.82, 2.24) is 0 Å². The molecule has 0 N–H and O–H groups in total. The summed E-state index contributed by atoms with van der Waals surface area (Å²) in [6.07, 6.45) is 0. The molecule has 0 radical (unpaired) electrons. The van der Waals surface area contributed by atoms with E-state index in [1.807, 2.05) is 12.1 Å². The predicted octanol–water partition coefficient (Wildman–Crippen LogP) is 13.8. The van der Waals surface area contributed by atoms with Crippen molar-refractivity contribution in [3.8, 4) is 22.3 Å². The van der Waals surface area contributed by atoms with Gasteiger partial charge in [-0.05, 0) is 104 Å². The van der Waals surface area contributed by atoms with Crippen LogP contribution >= 0.6 is 0 Å². The number of para-hydroxylation sites is 1. The number of hydrogen-bond donors (Lipinski definition) is 0. The number of anilines is 3. The lowest BCUT2D eigenvalue weighted by atomic mass is 9.97. The molecule has 2 nitrogen and oxygen atoms in total. The van der Waals surface area contributed by atoms with E-state index in [0.29, 0.717) is 0 Å². The Bertz CT molecular complexity index is 2880. The molecule has 0 fully saturated rings. The molecule has 0 amide bonds. The second-order valence-corrected chi connectivity index (χ2v) is 13.0. The maximum absolute atomic E-state index is 6.23. The lowest BCUT2D eigenvalue weighted by Crippen LogP contribution is -2.10. The highest BCUT2D eigenvalue weighted by atomic mass is 16.3. The summed E-state index contributed by atoms with van der Waals surface area (Å²) >= 11 is 0. The Balaban J connectivity index is 1.13. The first-order valence-electron chi connectivity index (χ1n) is 17.1. The predicted molar refractivity (Wildman–Crippen MR) is 212 cm³/mol. The van der Waals surface area contributed by atoms with Gasteiger partial charge in [-0.15, -0.1) is 0 Å². The van der Waals surface area contributed by atoms with Crippen LogP contribution in [0.4, 0.5) is 17.1 Å². The van der Waals surface area contributed by atoms with Gasteiger partial charge in [-0.1, -0.05) is 133 Å². The van der Waals surface area contributed by atoms with Crippen LogP contribution in [-0.4, -0.2) is 0 Å². The van der Waals surface area contributed by atoms with Crippen LogP contribution in [0.25, 0.3) is 76.5 Å². The zero-order chi connectivity index (χ0) is 33.0. The van der Waals surface area contributed by atoms with Crippen LogP contribution < -0.4 is 4.90 Å². The third-order valence-corrected chi connectivity index (χ3v) is 10.0. The van der Waals surface area contributed by atoms with Crippen molar-refractivity contribution in [3.63, 3.8) is 0 Å². The summed E-state index contributed by atoms with van der Waals surface area (Å²) in [5.41, 5.74) is 9.81. The average molecular weight is 638 g/mol. The second kappa shape index (κ2) is 11.5. The smallest absolute Gasteiger partial charge is 0.136 e. The van der Waals surface area contributed by atoms with Gasteiger partial charge in [-0.2, -0.15) is 0 Å². The van der Waals surface area contributed by atoms with E-state index in [9.17, 15) is 0 Å². The highest BCUT2D eigenvalue weighted by Crippen LogP contribution is 2.43. The molecule has 0 bridgehead atoms. The van der Waals surface area contributed by atoms with E-state index in [1.54, 1.807) is 0 Å². The van der Waals surface area contributed by atoms with E-state index >= 15 is 0 Å². The highest BCUT2D eigenvalue weighted by molar-refractivity contribution is 6.14. The second-order valence-electron chi connectivity index (χ2n) is 13.0. The molecular weight excluding hydrogens is 607 g/mol. The molecule has 0 unspecified atom stereocenters. The van der Waals surface area contributed by atoms with Gasteiger partial charge in [0.2, 0.25) is 0 Å². The molecule has 0 spiro atoms. The molecule has 50 heavy (non-hydrogen) atoms. The fourth-order valence-corrected chi connectivity index (χ4v) is 7.55. The van der Waals surface area contributed by atoms with Gasteiger partial charge in [0.05, 0.1) is 5.69 Å². The van der Waals surface area contributed by atoms with Crippen molar-refractivity contribution < 1.29 is 4.42 Å². The normalized spacial score (nSPS) is 11.6. The lowest BCUT2D eigenvalue weighted by Gasteiger charge is -2.28. The molecule has 1 heterocycles. The summed E-state index contributed by atoms with van der Waals surface area (Å²) < 4.78 is 6.23. The van der Waals surface area contributed by atoms with Gasteiger partial charge < -0.3 is 9.32 Å². The molecule has 234 valence electrons. The molecule has 0 aliphatic heterocycles. The van der Waals surface area contributed by atoms with Gasteiger partial charge in [-0.3, -0.25) is 0 Å². The Morgan fingerprint density at radius 1 is 0.300 bits per heavy atom. The number of furan rings is 1. The summed E-state index contributed by atoms with van der Waals surface area (Å²) in [7, 11) is 0. The Hall–Kier alpha value is -6.64. The molecule has 0 aliphatic rings. The highest BCUT2D eigenvalue weighted by Gasteiger charge is 2.18. The topological polar surface area (TPSA) is 16.4 Å². The first-order valence-corrected chi connectivity index (χ1v) is 17.1. The van der Waals surface area contributed by atoms with E-state index in [-0.39, 0.29) is 0 Å². The van der Waals surface area contributed by atoms with Gasteiger partial charge in [-0.25, -0.2) is 0 Å². The molecule has 10 aromatic rings. The van der Waals surface area contributed by atoms with E-state index in [4.69, 9.17) is 4.42 Å². The van der Waals surface area contributed by atoms with E-state index in [1.165, 1.54) is 43.4 Å². The van der Waals surface area contributed by atoms with Gasteiger partial charge in [0.1, 0.15) is 11.2 Å². The van der Waals surface area contributed by atoms with E-state index < -0.39 is 0 Å². The SMILES string of the molecule is c1cc(-c2ccc3ccccc3c2)cc(N(c2ccc(-c3ccc4c(c3)oc3ccccc34)cc2)c2cc3ccccc3c3ccccc23)c1. The van der Waals surface area contributed by atoms with Crippen molar-refractivity contribution >= 4 is 71.3 Å². The molecule has 0 atom stereocenters. The monoisotopic (exact) mass is 637 g/mol. The van der Waals surface area contributed by atoms with E-state index in [0.717, 1.165) is 50.1 Å². The quantitative estimate of drug-likeness (QED) is 0.175. The van der Waals surface area contributed by atoms with Crippen molar-refractivity contribution in [1.29, 1.82) is 0 Å². The first kappa shape index (κ1) is 28.4. The Morgan fingerprint density at radius 3 is 1.78 bits per heavy atom. The Morgan fingerprint density at radius 2 is 0.920 bits per heavy atom. The maximum Gasteiger partial charge on any atom is 0.136 e. The Labute approximate surface area is 290 Å². The van der Waals surface area contributed by atoms with Crippen LogP contribution in [0.3, 0.4) is 0 Å². The first-order chi connectivity index (χ1) is 24.8. The van der Waals surface area contributed by atoms with Crippen LogP contribution in [-0.2, 0) is 0 Å². The molecule has 0 saturated carbocycles. The van der Waals surface area contributed by atoms with Crippen LogP contribution in [0.1, 0.15) is 0 Å². The zero-order valence-electron chi connectivity index (χ0n) is 27.3. The van der Waals surface area contributed by atoms with Crippen LogP contribution in [0.15, 0.2) is 192 Å². The number of hydrogen-bond acceptors (Lipinski definition) is 2. The van der Waals surface area contributed by atoms with Crippen LogP contribution in [0, 0.1) is 0 Å². The number of fused-ring (bicyclic) bond motifs is 7. The minimum Gasteiger partial charge on any atom is -0.456 e. The fourth-order valence-electron chi connectivity index (χ4n) is 7.55. The number of benzene rings is 9. The molecular formula is C48H31NO. The van der Waals surface area contributed by atoms with Gasteiger partial charge in [0.15, 0.2) is 0 Å². The summed E-state index contributed by atoms with van der Waals surface area (Å²) in [6, 6.07) is 67.7. The van der Waals surface area contributed by atoms with Crippen molar-refractivity contribution in [2.45, 2.75) is 0 Å². The minimum atomic E-state index is 0.905. The minimum absolute atomic E-state index is 0.905. The van der Waals surface area contributed by atoms with Crippen LogP contribution in [0.5, 0.6) is 0 Å². The molecule has 10 rings (SSSR count). The third kappa shape index (κ3) is 4.73. The lowest BCUT2D eigenvalue weighted by molar-refractivity contribution is 0.669. The van der Waals surface area contributed by atoms with Crippen molar-refractivity contribution in [2.75, 3.05) is 4.90 Å². The molecule has 2 heteroatoms. The third-order valence-electron chi connectivity index (χ3n) is 10.0. The van der Waals surface area contributed by atoms with Crippen molar-refractivity contribution in [2.24, 2.45) is 0 Å². The van der Waals surface area contributed by atoms with Crippen LogP contribution in [0.2, 0.25) is 0 Å². The standard InChI is InChI=1S/C48H31NO/c1-2-11-34-28-36(21-20-32(34)10-1)35-13-9-14-40(29-35)49(46-30-38-12-3-4-15-41(38)42-16-5-6-17-43(42)46)39-25-22-33(23-26-39)37-24-27-45-44-18-7-8-19-47(44)50-48(45)31-37/h1-31H. The maximum atomic E-state index is 6.23. The Kier molecular flexibility index (Phi) is 6.53. The summed E-state index contributed by atoms with van der Waals surface area (Å²) in [4.78, 5) is 2.41. The molecule has 1 aromatic heterocycles. The summed E-state index contributed by atoms with van der Waals surface area (Å²) in [6.45, 7) is 0. The zero-order valence-corrected chi connectivity index (χ0v) is 27.3. The number of nitrogens with zero attached hydrogens (tertiary/aromatic N) is 1. The van der Waals surface area contributed by atoms with Crippen molar-refractivity contribution in [3.05, 3.63) is 188 Å². The summed E-state index contributed by atoms with van der Waals surface area (Å²) in [5, 5.41) is 9.70. The van der Waals surface area contributed by atoms with Gasteiger partial charge in [0, 0.05) is 27.5 Å².